The van der Waals surface area contributed by atoms with Crippen LogP contribution >= 0.6 is 11.8 Å². The van der Waals surface area contributed by atoms with Crippen molar-refractivity contribution in [1.82, 2.24) is 14.9 Å². The minimum absolute atomic E-state index is 0.0299. The normalized spacial score (nSPS) is 15.5. The SMILES string of the molecule is CCc1nc(C(F)(F)F)cc(=O)n1CCOc1ccc(C=C2SC(=O)NC2=O)cc1. The first-order chi connectivity index (χ1) is 14.2. The van der Waals surface area contributed by atoms with E-state index in [1.807, 2.05) is 0 Å². The Labute approximate surface area is 172 Å². The molecule has 11 heteroatoms. The van der Waals surface area contributed by atoms with Crippen molar-refractivity contribution in [2.45, 2.75) is 26.1 Å². The van der Waals surface area contributed by atoms with E-state index in [0.29, 0.717) is 17.4 Å². The molecule has 0 atom stereocenters. The molecule has 1 fully saturated rings. The maximum absolute atomic E-state index is 12.8. The van der Waals surface area contributed by atoms with Crippen LogP contribution in [0, 0.1) is 0 Å². The minimum Gasteiger partial charge on any atom is -0.492 e. The number of thioether (sulfide) groups is 1. The number of halogens is 3. The topological polar surface area (TPSA) is 90.3 Å². The molecule has 1 N–H and O–H groups in total. The number of ether oxygens (including phenoxy) is 1. The summed E-state index contributed by atoms with van der Waals surface area (Å²) < 4.78 is 45.1. The highest BCUT2D eigenvalue weighted by Gasteiger charge is 2.33. The van der Waals surface area contributed by atoms with Crippen LogP contribution in [0.5, 0.6) is 5.75 Å². The van der Waals surface area contributed by atoms with Crippen LogP contribution in [-0.4, -0.2) is 27.3 Å². The highest BCUT2D eigenvalue weighted by Crippen LogP contribution is 2.27. The smallest absolute Gasteiger partial charge is 0.433 e. The third kappa shape index (κ3) is 5.09. The average Bonchev–Trinajstić information content (AvgIpc) is 3.00. The zero-order chi connectivity index (χ0) is 21.9. The lowest BCUT2D eigenvalue weighted by Gasteiger charge is -2.14. The summed E-state index contributed by atoms with van der Waals surface area (Å²) >= 11 is 0.813. The molecule has 1 aliphatic rings. The van der Waals surface area contributed by atoms with Crippen LogP contribution in [0.4, 0.5) is 18.0 Å². The fourth-order valence-electron chi connectivity index (χ4n) is 2.70. The van der Waals surface area contributed by atoms with Gasteiger partial charge in [0.1, 0.15) is 18.2 Å². The first-order valence-electron chi connectivity index (χ1n) is 8.83. The second kappa shape index (κ2) is 8.74. The summed E-state index contributed by atoms with van der Waals surface area (Å²) in [6, 6.07) is 7.12. The lowest BCUT2D eigenvalue weighted by Crippen LogP contribution is -2.29. The van der Waals surface area contributed by atoms with Crippen molar-refractivity contribution in [3.05, 3.63) is 62.7 Å². The number of alkyl halides is 3. The third-order valence-electron chi connectivity index (χ3n) is 4.10. The van der Waals surface area contributed by atoms with E-state index in [1.54, 1.807) is 37.3 Å². The van der Waals surface area contributed by atoms with E-state index in [9.17, 15) is 27.6 Å². The minimum atomic E-state index is -4.68. The van der Waals surface area contributed by atoms with Gasteiger partial charge in [0.05, 0.1) is 11.4 Å². The number of rotatable bonds is 6. The van der Waals surface area contributed by atoms with Crippen LogP contribution in [0.1, 0.15) is 24.0 Å². The van der Waals surface area contributed by atoms with Crippen molar-refractivity contribution < 1.29 is 27.5 Å². The molecule has 0 spiro atoms. The number of amides is 2. The van der Waals surface area contributed by atoms with Gasteiger partial charge in [-0.15, -0.1) is 0 Å². The Morgan fingerprint density at radius 3 is 2.47 bits per heavy atom. The van der Waals surface area contributed by atoms with Gasteiger partial charge in [0.15, 0.2) is 5.69 Å². The van der Waals surface area contributed by atoms with Gasteiger partial charge in [0, 0.05) is 12.5 Å². The van der Waals surface area contributed by atoms with Crippen LogP contribution in [0.3, 0.4) is 0 Å². The standard InChI is InChI=1S/C19H16F3N3O4S/c1-2-15-23-14(19(20,21)22)10-16(26)25(15)7-8-29-12-5-3-11(4-6-12)9-13-17(27)24-18(28)30-13/h3-6,9-10H,2,7-8H2,1H3,(H,24,27,28). The predicted molar refractivity (Wildman–Crippen MR) is 104 cm³/mol. The summed E-state index contributed by atoms with van der Waals surface area (Å²) in [5.41, 5.74) is -1.31. The Morgan fingerprint density at radius 1 is 1.20 bits per heavy atom. The van der Waals surface area contributed by atoms with Crippen molar-refractivity contribution in [2.75, 3.05) is 6.61 Å². The number of carbonyl (C=O) groups is 2. The van der Waals surface area contributed by atoms with Crippen molar-refractivity contribution in [3.63, 3.8) is 0 Å². The van der Waals surface area contributed by atoms with E-state index in [-0.39, 0.29) is 30.3 Å². The van der Waals surface area contributed by atoms with Crippen LogP contribution < -0.4 is 15.6 Å². The van der Waals surface area contributed by atoms with Gasteiger partial charge < -0.3 is 4.74 Å². The van der Waals surface area contributed by atoms with Crippen LogP contribution in [0.25, 0.3) is 6.08 Å². The fourth-order valence-corrected chi connectivity index (χ4v) is 3.38. The van der Waals surface area contributed by atoms with Gasteiger partial charge >= 0.3 is 6.18 Å². The highest BCUT2D eigenvalue weighted by molar-refractivity contribution is 8.18. The Kier molecular flexibility index (Phi) is 6.30. The molecule has 0 saturated carbocycles. The Morgan fingerprint density at radius 2 is 1.90 bits per heavy atom. The molecule has 0 aliphatic carbocycles. The van der Waals surface area contributed by atoms with Gasteiger partial charge in [-0.3, -0.25) is 24.3 Å². The largest absolute Gasteiger partial charge is 0.492 e. The quantitative estimate of drug-likeness (QED) is 0.695. The molecule has 1 aromatic carbocycles. The Balaban J connectivity index is 1.64. The van der Waals surface area contributed by atoms with Crippen molar-refractivity contribution in [2.24, 2.45) is 0 Å². The summed E-state index contributed by atoms with van der Waals surface area (Å²) in [6.45, 7) is 1.70. The lowest BCUT2D eigenvalue weighted by molar-refractivity contribution is -0.141. The molecule has 1 aliphatic heterocycles. The highest BCUT2D eigenvalue weighted by atomic mass is 32.2. The molecule has 2 amide bonds. The van der Waals surface area contributed by atoms with E-state index in [0.717, 1.165) is 16.3 Å². The van der Waals surface area contributed by atoms with Gasteiger partial charge in [-0.05, 0) is 35.5 Å². The van der Waals surface area contributed by atoms with Crippen LogP contribution in [0.15, 0.2) is 40.0 Å². The molecule has 2 heterocycles. The molecule has 2 aromatic rings. The van der Waals surface area contributed by atoms with Crippen molar-refractivity contribution >= 4 is 29.0 Å². The number of benzene rings is 1. The van der Waals surface area contributed by atoms with E-state index < -0.39 is 28.6 Å². The molecule has 3 rings (SSSR count). The Bertz CT molecular complexity index is 1060. The number of aryl methyl sites for hydroxylation is 1. The maximum atomic E-state index is 12.8. The van der Waals surface area contributed by atoms with E-state index >= 15 is 0 Å². The zero-order valence-corrected chi connectivity index (χ0v) is 16.5. The monoisotopic (exact) mass is 439 g/mol. The van der Waals surface area contributed by atoms with E-state index in [1.165, 1.54) is 0 Å². The zero-order valence-electron chi connectivity index (χ0n) is 15.7. The van der Waals surface area contributed by atoms with E-state index in [2.05, 4.69) is 10.3 Å². The molecule has 7 nitrogen and oxygen atoms in total. The number of imide groups is 1. The Hall–Kier alpha value is -3.08. The van der Waals surface area contributed by atoms with Crippen molar-refractivity contribution in [3.8, 4) is 5.75 Å². The van der Waals surface area contributed by atoms with Gasteiger partial charge in [-0.1, -0.05) is 19.1 Å². The number of aromatic nitrogens is 2. The second-order valence-electron chi connectivity index (χ2n) is 6.17. The third-order valence-corrected chi connectivity index (χ3v) is 4.91. The maximum Gasteiger partial charge on any atom is 0.433 e. The van der Waals surface area contributed by atoms with Gasteiger partial charge in [-0.2, -0.15) is 13.2 Å². The molecule has 158 valence electrons. The molecule has 0 bridgehead atoms. The fraction of sp³-hybridized carbons (Fsp3) is 0.263. The lowest BCUT2D eigenvalue weighted by atomic mass is 10.2. The summed E-state index contributed by atoms with van der Waals surface area (Å²) in [4.78, 5) is 38.6. The number of nitrogens with one attached hydrogen (secondary N) is 1. The number of hydrogen-bond donors (Lipinski definition) is 1. The number of carbonyl (C=O) groups excluding carboxylic acids is 2. The summed E-state index contributed by atoms with van der Waals surface area (Å²) in [5.74, 6) is 0.0534. The average molecular weight is 439 g/mol. The summed E-state index contributed by atoms with van der Waals surface area (Å²) in [5, 5.41) is 1.74. The molecular weight excluding hydrogens is 423 g/mol. The van der Waals surface area contributed by atoms with Gasteiger partial charge in [0.2, 0.25) is 0 Å². The van der Waals surface area contributed by atoms with Crippen molar-refractivity contribution in [1.29, 1.82) is 0 Å². The molecular formula is C19H16F3N3O4S. The number of nitrogens with zero attached hydrogens (tertiary/aromatic N) is 2. The van der Waals surface area contributed by atoms with Crippen LogP contribution in [-0.2, 0) is 23.9 Å². The summed E-state index contributed by atoms with van der Waals surface area (Å²) in [6.07, 6.45) is -2.95. The number of hydrogen-bond acceptors (Lipinski definition) is 6. The molecule has 0 radical (unpaired) electrons. The predicted octanol–water partition coefficient (Wildman–Crippen LogP) is 3.23. The first-order valence-corrected chi connectivity index (χ1v) is 9.64. The van der Waals surface area contributed by atoms with Crippen LogP contribution in [0.2, 0.25) is 0 Å². The molecule has 30 heavy (non-hydrogen) atoms. The van der Waals surface area contributed by atoms with Gasteiger partial charge in [-0.25, -0.2) is 4.98 Å². The van der Waals surface area contributed by atoms with E-state index in [4.69, 9.17) is 4.74 Å². The molecule has 1 saturated heterocycles. The molecule has 1 aromatic heterocycles. The summed E-state index contributed by atoms with van der Waals surface area (Å²) in [7, 11) is 0. The molecule has 0 unspecified atom stereocenters. The first kappa shape index (κ1) is 21.6. The van der Waals surface area contributed by atoms with Gasteiger partial charge in [0.25, 0.3) is 16.7 Å². The second-order valence-corrected chi connectivity index (χ2v) is 7.18.